The fraction of sp³-hybridized carbons (Fsp3) is 0.308. The van der Waals surface area contributed by atoms with Crippen molar-refractivity contribution in [3.05, 3.63) is 88.1 Å². The van der Waals surface area contributed by atoms with Crippen LogP contribution in [-0.2, 0) is 11.2 Å². The van der Waals surface area contributed by atoms with Gasteiger partial charge in [0.15, 0.2) is 0 Å². The van der Waals surface area contributed by atoms with Crippen molar-refractivity contribution in [2.45, 2.75) is 25.8 Å². The van der Waals surface area contributed by atoms with Crippen molar-refractivity contribution in [2.24, 2.45) is 0 Å². The van der Waals surface area contributed by atoms with Gasteiger partial charge in [-0.25, -0.2) is 0 Å². The Hall–Kier alpha value is -3.12. The number of hydrogen-bond acceptors (Lipinski definition) is 4. The smallest absolute Gasteiger partial charge is 0.254 e. The second-order valence-corrected chi connectivity index (χ2v) is 8.87. The Morgan fingerprint density at radius 3 is 2.50 bits per heavy atom. The van der Waals surface area contributed by atoms with E-state index in [1.54, 1.807) is 28.4 Å². The molecule has 32 heavy (non-hydrogen) atoms. The molecule has 1 aliphatic rings. The quantitative estimate of drug-likeness (QED) is 0.497. The van der Waals surface area contributed by atoms with Crippen LogP contribution in [0.1, 0.15) is 40.2 Å². The van der Waals surface area contributed by atoms with Crippen LogP contribution in [0.5, 0.6) is 5.75 Å². The number of hydrogen-bond donors (Lipinski definition) is 0. The van der Waals surface area contributed by atoms with E-state index in [1.165, 1.54) is 4.88 Å². The van der Waals surface area contributed by atoms with E-state index < -0.39 is 0 Å². The Kier molecular flexibility index (Phi) is 7.22. The van der Waals surface area contributed by atoms with E-state index >= 15 is 0 Å². The molecule has 0 radical (unpaired) electrons. The van der Waals surface area contributed by atoms with Crippen LogP contribution in [0.15, 0.2) is 72.1 Å². The first-order valence-corrected chi connectivity index (χ1v) is 11.9. The molecule has 0 N–H and O–H groups in total. The van der Waals surface area contributed by atoms with Crippen molar-refractivity contribution >= 4 is 23.2 Å². The van der Waals surface area contributed by atoms with E-state index in [0.29, 0.717) is 25.3 Å². The van der Waals surface area contributed by atoms with Gasteiger partial charge in [0.25, 0.3) is 5.91 Å². The number of carbonyl (C=O) groups excluding carboxylic acids is 2. The van der Waals surface area contributed by atoms with Crippen LogP contribution in [0.2, 0.25) is 0 Å². The third-order valence-electron chi connectivity index (χ3n) is 5.69. The lowest BCUT2D eigenvalue weighted by Crippen LogP contribution is -2.48. The predicted octanol–water partition coefficient (Wildman–Crippen LogP) is 4.81. The normalized spacial score (nSPS) is 15.2. The molecule has 0 bridgehead atoms. The standard InChI is InChI=1S/C26H28N2O3S/c1-2-15-27(26(30)20-9-5-3-6-10-20)18-25(29)28-16-13-24-22(14-17-32-24)23(28)19-31-21-11-7-4-8-12-21/h3-12,14,17,23H,2,13,15-16,18-19H2,1H3/t23-/m0/s1. The van der Waals surface area contributed by atoms with E-state index in [0.717, 1.165) is 24.2 Å². The van der Waals surface area contributed by atoms with Gasteiger partial charge in [-0.05, 0) is 54.1 Å². The van der Waals surface area contributed by atoms with Crippen molar-refractivity contribution in [2.75, 3.05) is 26.2 Å². The summed E-state index contributed by atoms with van der Waals surface area (Å²) in [6, 6.07) is 20.8. The summed E-state index contributed by atoms with van der Waals surface area (Å²) in [5.41, 5.74) is 1.76. The van der Waals surface area contributed by atoms with Gasteiger partial charge in [-0.15, -0.1) is 11.3 Å². The highest BCUT2D eigenvalue weighted by Gasteiger charge is 2.33. The van der Waals surface area contributed by atoms with Gasteiger partial charge in [0, 0.05) is 23.5 Å². The molecular weight excluding hydrogens is 420 g/mol. The molecule has 0 fully saturated rings. The highest BCUT2D eigenvalue weighted by molar-refractivity contribution is 7.10. The molecule has 0 saturated heterocycles. The first-order chi connectivity index (χ1) is 15.7. The first kappa shape index (κ1) is 22.1. The van der Waals surface area contributed by atoms with Crippen molar-refractivity contribution in [1.82, 2.24) is 9.80 Å². The number of nitrogens with zero attached hydrogens (tertiary/aromatic N) is 2. The molecule has 4 rings (SSSR count). The van der Waals surface area contributed by atoms with Crippen LogP contribution in [-0.4, -0.2) is 47.9 Å². The third kappa shape index (κ3) is 5.02. The average Bonchev–Trinajstić information content (AvgIpc) is 3.32. The first-order valence-electron chi connectivity index (χ1n) is 11.0. The second kappa shape index (κ2) is 10.5. The Bertz CT molecular complexity index is 1040. The Balaban J connectivity index is 1.51. The second-order valence-electron chi connectivity index (χ2n) is 7.87. The summed E-state index contributed by atoms with van der Waals surface area (Å²) in [5, 5.41) is 2.08. The lowest BCUT2D eigenvalue weighted by molar-refractivity contribution is -0.135. The van der Waals surface area contributed by atoms with Gasteiger partial charge in [-0.3, -0.25) is 9.59 Å². The van der Waals surface area contributed by atoms with E-state index in [9.17, 15) is 9.59 Å². The summed E-state index contributed by atoms with van der Waals surface area (Å²) in [5.74, 6) is 0.640. The summed E-state index contributed by atoms with van der Waals surface area (Å²) in [7, 11) is 0. The van der Waals surface area contributed by atoms with Crippen LogP contribution in [0, 0.1) is 0 Å². The summed E-state index contributed by atoms with van der Waals surface area (Å²) in [6.07, 6.45) is 1.63. The highest BCUT2D eigenvalue weighted by atomic mass is 32.1. The molecule has 0 saturated carbocycles. The van der Waals surface area contributed by atoms with Gasteiger partial charge < -0.3 is 14.5 Å². The molecule has 166 valence electrons. The summed E-state index contributed by atoms with van der Waals surface area (Å²) >= 11 is 1.73. The minimum atomic E-state index is -0.159. The van der Waals surface area contributed by atoms with Gasteiger partial charge in [-0.1, -0.05) is 43.3 Å². The van der Waals surface area contributed by atoms with E-state index in [4.69, 9.17) is 4.74 Å². The average molecular weight is 449 g/mol. The maximum Gasteiger partial charge on any atom is 0.254 e. The predicted molar refractivity (Wildman–Crippen MR) is 127 cm³/mol. The van der Waals surface area contributed by atoms with E-state index in [1.807, 2.05) is 60.4 Å². The molecule has 1 atom stereocenters. The molecule has 2 heterocycles. The van der Waals surface area contributed by atoms with Crippen molar-refractivity contribution in [1.29, 1.82) is 0 Å². The molecule has 2 amide bonds. The van der Waals surface area contributed by atoms with Crippen LogP contribution >= 0.6 is 11.3 Å². The zero-order valence-electron chi connectivity index (χ0n) is 18.3. The minimum absolute atomic E-state index is 0.0405. The fourth-order valence-corrected chi connectivity index (χ4v) is 5.03. The van der Waals surface area contributed by atoms with Gasteiger partial charge >= 0.3 is 0 Å². The van der Waals surface area contributed by atoms with Crippen molar-refractivity contribution in [3.63, 3.8) is 0 Å². The molecule has 2 aromatic carbocycles. The third-order valence-corrected chi connectivity index (χ3v) is 6.69. The molecular formula is C26H28N2O3S. The molecule has 0 aliphatic carbocycles. The number of carbonyl (C=O) groups is 2. The van der Waals surface area contributed by atoms with Crippen LogP contribution in [0.3, 0.4) is 0 Å². The zero-order chi connectivity index (χ0) is 22.3. The number of fused-ring (bicyclic) bond motifs is 1. The largest absolute Gasteiger partial charge is 0.491 e. The zero-order valence-corrected chi connectivity index (χ0v) is 19.1. The number of benzene rings is 2. The molecule has 3 aromatic rings. The van der Waals surface area contributed by atoms with Gasteiger partial charge in [0.1, 0.15) is 18.9 Å². The Morgan fingerprint density at radius 2 is 1.78 bits per heavy atom. The van der Waals surface area contributed by atoms with Gasteiger partial charge in [-0.2, -0.15) is 0 Å². The maximum absolute atomic E-state index is 13.5. The van der Waals surface area contributed by atoms with Gasteiger partial charge in [0.2, 0.25) is 5.91 Å². The van der Waals surface area contributed by atoms with Gasteiger partial charge in [0.05, 0.1) is 6.04 Å². The molecule has 0 unspecified atom stereocenters. The number of ether oxygens (including phenoxy) is 1. The Morgan fingerprint density at radius 1 is 1.06 bits per heavy atom. The summed E-state index contributed by atoms with van der Waals surface area (Å²) < 4.78 is 6.05. The number of thiophene rings is 1. The van der Waals surface area contributed by atoms with Crippen LogP contribution in [0.25, 0.3) is 0 Å². The maximum atomic E-state index is 13.5. The van der Waals surface area contributed by atoms with Crippen molar-refractivity contribution < 1.29 is 14.3 Å². The lowest BCUT2D eigenvalue weighted by atomic mass is 10.0. The molecule has 1 aromatic heterocycles. The SMILES string of the molecule is CCCN(CC(=O)N1CCc2sccc2[C@@H]1COc1ccccc1)C(=O)c1ccccc1. The molecule has 6 heteroatoms. The summed E-state index contributed by atoms with van der Waals surface area (Å²) in [4.78, 5) is 31.3. The van der Waals surface area contributed by atoms with E-state index in [-0.39, 0.29) is 24.4 Å². The number of rotatable bonds is 8. The van der Waals surface area contributed by atoms with Crippen LogP contribution < -0.4 is 4.74 Å². The fourth-order valence-electron chi connectivity index (χ4n) is 4.11. The monoisotopic (exact) mass is 448 g/mol. The summed E-state index contributed by atoms with van der Waals surface area (Å²) in [6.45, 7) is 3.66. The highest BCUT2D eigenvalue weighted by Crippen LogP contribution is 2.34. The number of amides is 2. The molecule has 0 spiro atoms. The number of para-hydroxylation sites is 1. The minimum Gasteiger partial charge on any atom is -0.491 e. The van der Waals surface area contributed by atoms with E-state index in [2.05, 4.69) is 11.4 Å². The lowest BCUT2D eigenvalue weighted by Gasteiger charge is -2.37. The Labute approximate surface area is 193 Å². The molecule has 5 nitrogen and oxygen atoms in total. The molecule has 1 aliphatic heterocycles. The topological polar surface area (TPSA) is 49.9 Å². The van der Waals surface area contributed by atoms with Crippen LogP contribution in [0.4, 0.5) is 0 Å². The van der Waals surface area contributed by atoms with Crippen molar-refractivity contribution in [3.8, 4) is 5.75 Å².